The van der Waals surface area contributed by atoms with Gasteiger partial charge in [0.25, 0.3) is 0 Å². The fraction of sp³-hybridized carbons (Fsp3) is 0.208. The molecule has 0 radical (unpaired) electrons. The van der Waals surface area contributed by atoms with Crippen molar-refractivity contribution in [3.8, 4) is 17.4 Å². The van der Waals surface area contributed by atoms with Crippen LogP contribution in [-0.2, 0) is 11.3 Å². The number of pyridine rings is 1. The van der Waals surface area contributed by atoms with Gasteiger partial charge in [0.15, 0.2) is 17.1 Å². The summed E-state index contributed by atoms with van der Waals surface area (Å²) in [5.74, 6) is 0.768. The van der Waals surface area contributed by atoms with Crippen LogP contribution in [0.3, 0.4) is 0 Å². The van der Waals surface area contributed by atoms with E-state index < -0.39 is 11.8 Å². The molecular weight excluding hydrogens is 410 g/mol. The highest BCUT2D eigenvalue weighted by molar-refractivity contribution is 5.82. The van der Waals surface area contributed by atoms with Gasteiger partial charge in [-0.15, -0.1) is 0 Å². The van der Waals surface area contributed by atoms with Gasteiger partial charge in [0, 0.05) is 18.8 Å². The van der Waals surface area contributed by atoms with Crippen LogP contribution in [0.4, 0.5) is 0 Å². The van der Waals surface area contributed by atoms with Crippen molar-refractivity contribution in [3.05, 3.63) is 83.0 Å². The van der Waals surface area contributed by atoms with E-state index >= 15 is 0 Å². The van der Waals surface area contributed by atoms with Crippen LogP contribution in [0.5, 0.6) is 17.4 Å². The van der Waals surface area contributed by atoms with Gasteiger partial charge in [-0.3, -0.25) is 9.36 Å². The first-order chi connectivity index (χ1) is 15.6. The lowest BCUT2D eigenvalue weighted by Gasteiger charge is -2.13. The Morgan fingerprint density at radius 2 is 1.84 bits per heavy atom. The molecular formula is C24H23N3O5. The molecule has 0 spiro atoms. The number of carbonyl (C=O) groups is 1. The van der Waals surface area contributed by atoms with Crippen molar-refractivity contribution >= 4 is 17.0 Å². The van der Waals surface area contributed by atoms with Crippen LogP contribution in [-0.4, -0.2) is 22.1 Å². The second kappa shape index (κ2) is 9.38. The summed E-state index contributed by atoms with van der Waals surface area (Å²) < 4.78 is 17.9. The molecule has 2 aromatic carbocycles. The Labute approximate surface area is 184 Å². The van der Waals surface area contributed by atoms with Crippen LogP contribution in [0.2, 0.25) is 0 Å². The molecule has 0 fully saturated rings. The first-order valence-corrected chi connectivity index (χ1v) is 10.3. The SMILES string of the molecule is CCOc1ccccc1Oc1ccc(CNC(=O)C(C)n2c(=O)oc3ccccc32)cn1. The van der Waals surface area contributed by atoms with E-state index in [2.05, 4.69) is 10.3 Å². The number of hydrogen-bond acceptors (Lipinski definition) is 6. The Morgan fingerprint density at radius 3 is 2.59 bits per heavy atom. The molecule has 4 rings (SSSR count). The van der Waals surface area contributed by atoms with Gasteiger partial charge in [-0.05, 0) is 43.7 Å². The third kappa shape index (κ3) is 4.49. The van der Waals surface area contributed by atoms with Gasteiger partial charge in [0.2, 0.25) is 11.8 Å². The number of nitrogens with zero attached hydrogens (tertiary/aromatic N) is 2. The molecule has 2 aromatic heterocycles. The minimum absolute atomic E-state index is 0.260. The van der Waals surface area contributed by atoms with Crippen molar-refractivity contribution in [3.63, 3.8) is 0 Å². The Balaban J connectivity index is 1.39. The maximum atomic E-state index is 12.6. The van der Waals surface area contributed by atoms with Crippen molar-refractivity contribution in [2.24, 2.45) is 0 Å². The number of oxazole rings is 1. The summed E-state index contributed by atoms with van der Waals surface area (Å²) in [4.78, 5) is 29.1. The van der Waals surface area contributed by atoms with E-state index in [0.29, 0.717) is 35.1 Å². The fourth-order valence-corrected chi connectivity index (χ4v) is 3.30. The molecule has 0 aliphatic rings. The van der Waals surface area contributed by atoms with Crippen molar-refractivity contribution in [1.82, 2.24) is 14.9 Å². The highest BCUT2D eigenvalue weighted by Crippen LogP contribution is 2.30. The van der Waals surface area contributed by atoms with Gasteiger partial charge < -0.3 is 19.2 Å². The number of hydrogen-bond donors (Lipinski definition) is 1. The molecule has 164 valence electrons. The predicted octanol–water partition coefficient (Wildman–Crippen LogP) is 4.06. The summed E-state index contributed by atoms with van der Waals surface area (Å²) in [5.41, 5.74) is 1.82. The van der Waals surface area contributed by atoms with Crippen molar-refractivity contribution < 1.29 is 18.7 Å². The van der Waals surface area contributed by atoms with Crippen LogP contribution in [0.15, 0.2) is 76.1 Å². The lowest BCUT2D eigenvalue weighted by Crippen LogP contribution is -2.34. The van der Waals surface area contributed by atoms with Crippen LogP contribution in [0, 0.1) is 0 Å². The highest BCUT2D eigenvalue weighted by atomic mass is 16.5. The number of ether oxygens (including phenoxy) is 2. The largest absolute Gasteiger partial charge is 0.490 e. The summed E-state index contributed by atoms with van der Waals surface area (Å²) in [6.07, 6.45) is 1.63. The third-order valence-corrected chi connectivity index (χ3v) is 4.91. The second-order valence-corrected chi connectivity index (χ2v) is 7.09. The molecule has 0 aliphatic carbocycles. The average molecular weight is 433 g/mol. The van der Waals surface area contributed by atoms with E-state index in [4.69, 9.17) is 13.9 Å². The molecule has 2 heterocycles. The van der Waals surface area contributed by atoms with Crippen LogP contribution >= 0.6 is 0 Å². The van der Waals surface area contributed by atoms with E-state index in [1.165, 1.54) is 4.57 Å². The van der Waals surface area contributed by atoms with E-state index in [9.17, 15) is 9.59 Å². The molecule has 0 saturated heterocycles. The number of carbonyl (C=O) groups excluding carboxylic acids is 1. The van der Waals surface area contributed by atoms with E-state index in [-0.39, 0.29) is 12.5 Å². The highest BCUT2D eigenvalue weighted by Gasteiger charge is 2.21. The molecule has 4 aromatic rings. The second-order valence-electron chi connectivity index (χ2n) is 7.09. The zero-order chi connectivity index (χ0) is 22.5. The molecule has 0 aliphatic heterocycles. The summed E-state index contributed by atoms with van der Waals surface area (Å²) in [6, 6.07) is 17.2. The molecule has 0 saturated carbocycles. The number of aromatic nitrogens is 2. The van der Waals surface area contributed by atoms with Gasteiger partial charge in [-0.2, -0.15) is 0 Å². The molecule has 1 N–H and O–H groups in total. The van der Waals surface area contributed by atoms with Crippen LogP contribution < -0.4 is 20.5 Å². The zero-order valence-corrected chi connectivity index (χ0v) is 17.8. The van der Waals surface area contributed by atoms with Gasteiger partial charge in [-0.1, -0.05) is 30.3 Å². The van der Waals surface area contributed by atoms with Crippen molar-refractivity contribution in [2.75, 3.05) is 6.61 Å². The number of rotatable bonds is 8. The minimum Gasteiger partial charge on any atom is -0.490 e. The number of nitrogens with one attached hydrogen (secondary N) is 1. The zero-order valence-electron chi connectivity index (χ0n) is 17.8. The molecule has 32 heavy (non-hydrogen) atoms. The minimum atomic E-state index is -0.725. The van der Waals surface area contributed by atoms with E-state index in [1.807, 2.05) is 37.3 Å². The maximum absolute atomic E-state index is 12.6. The lowest BCUT2D eigenvalue weighted by atomic mass is 10.2. The van der Waals surface area contributed by atoms with Crippen LogP contribution in [0.25, 0.3) is 11.1 Å². The fourth-order valence-electron chi connectivity index (χ4n) is 3.30. The van der Waals surface area contributed by atoms with Crippen molar-refractivity contribution in [2.45, 2.75) is 26.4 Å². The monoisotopic (exact) mass is 433 g/mol. The van der Waals surface area contributed by atoms with Gasteiger partial charge in [-0.25, -0.2) is 9.78 Å². The summed E-state index contributed by atoms with van der Waals surface area (Å²) >= 11 is 0. The van der Waals surface area contributed by atoms with Crippen LogP contribution in [0.1, 0.15) is 25.5 Å². The molecule has 1 amide bonds. The van der Waals surface area contributed by atoms with Gasteiger partial charge in [0.1, 0.15) is 6.04 Å². The average Bonchev–Trinajstić information content (AvgIpc) is 3.15. The summed E-state index contributed by atoms with van der Waals surface area (Å²) in [6.45, 7) is 4.36. The lowest BCUT2D eigenvalue weighted by molar-refractivity contribution is -0.124. The van der Waals surface area contributed by atoms with E-state index in [1.54, 1.807) is 43.5 Å². The molecule has 8 nitrogen and oxygen atoms in total. The first kappa shape index (κ1) is 21.2. The first-order valence-electron chi connectivity index (χ1n) is 10.3. The molecule has 8 heteroatoms. The Hall–Kier alpha value is -4.07. The third-order valence-electron chi connectivity index (χ3n) is 4.91. The topological polar surface area (TPSA) is 95.6 Å². The normalized spacial score (nSPS) is 11.8. The van der Waals surface area contributed by atoms with Gasteiger partial charge >= 0.3 is 5.76 Å². The maximum Gasteiger partial charge on any atom is 0.420 e. The molecule has 1 atom stereocenters. The van der Waals surface area contributed by atoms with Gasteiger partial charge in [0.05, 0.1) is 12.1 Å². The number of amides is 1. The Kier molecular flexibility index (Phi) is 6.21. The standard InChI is InChI=1S/C24H23N3O5/c1-3-30-20-10-6-7-11-21(20)31-22-13-12-17(14-25-22)15-26-23(28)16(2)27-18-8-4-5-9-19(18)32-24(27)29/h4-14,16H,3,15H2,1-2H3,(H,26,28). The molecule has 1 unspecified atom stereocenters. The predicted molar refractivity (Wildman–Crippen MR) is 119 cm³/mol. The van der Waals surface area contributed by atoms with Crippen molar-refractivity contribution in [1.29, 1.82) is 0 Å². The van der Waals surface area contributed by atoms with E-state index in [0.717, 1.165) is 5.56 Å². The quantitative estimate of drug-likeness (QED) is 0.450. The number of fused-ring (bicyclic) bond motifs is 1. The summed E-state index contributed by atoms with van der Waals surface area (Å²) in [5, 5.41) is 2.83. The number of para-hydroxylation sites is 4. The Bertz CT molecular complexity index is 1280. The Morgan fingerprint density at radius 1 is 1.09 bits per heavy atom. The molecule has 0 bridgehead atoms. The smallest absolute Gasteiger partial charge is 0.420 e. The summed E-state index contributed by atoms with van der Waals surface area (Å²) in [7, 11) is 0. The number of benzene rings is 2.